The van der Waals surface area contributed by atoms with E-state index in [9.17, 15) is 0 Å². The molecule has 0 saturated heterocycles. The fraction of sp³-hybridized carbons (Fsp3) is 0.467. The van der Waals surface area contributed by atoms with Gasteiger partial charge in [-0.05, 0) is 25.5 Å². The van der Waals surface area contributed by atoms with E-state index in [0.29, 0.717) is 0 Å². The molecular formula is C15H24N2. The Morgan fingerprint density at radius 1 is 1.35 bits per heavy atom. The first-order chi connectivity index (χ1) is 8.13. The normalized spacial score (nSPS) is 12.7. The number of nitrogens with two attached hydrogens (primary N) is 1. The molecule has 0 bridgehead atoms. The number of likely N-dealkylation sites (N-methyl/N-ethyl adjacent to an activating group) is 1. The lowest BCUT2D eigenvalue weighted by molar-refractivity contribution is 0.298. The van der Waals surface area contributed by atoms with E-state index in [4.69, 9.17) is 5.73 Å². The van der Waals surface area contributed by atoms with Crippen molar-refractivity contribution >= 4 is 0 Å². The van der Waals surface area contributed by atoms with Gasteiger partial charge in [-0.1, -0.05) is 49.4 Å². The number of rotatable bonds is 7. The largest absolute Gasteiger partial charge is 0.324 e. The molecule has 1 rings (SSSR count). The van der Waals surface area contributed by atoms with Crippen molar-refractivity contribution in [2.75, 3.05) is 19.6 Å². The molecule has 1 aromatic carbocycles. The Morgan fingerprint density at radius 3 is 2.53 bits per heavy atom. The first-order valence-corrected chi connectivity index (χ1v) is 6.30. The fourth-order valence-corrected chi connectivity index (χ4v) is 1.92. The van der Waals surface area contributed by atoms with E-state index in [0.717, 1.165) is 26.1 Å². The lowest BCUT2D eigenvalue weighted by Crippen LogP contribution is -2.28. The second-order valence-corrected chi connectivity index (χ2v) is 4.63. The first-order valence-electron chi connectivity index (χ1n) is 6.30. The molecule has 2 heteroatoms. The fourth-order valence-electron chi connectivity index (χ4n) is 1.92. The number of hydrogen-bond acceptors (Lipinski definition) is 2. The quantitative estimate of drug-likeness (QED) is 0.732. The maximum Gasteiger partial charge on any atom is 0.0307 e. The van der Waals surface area contributed by atoms with Gasteiger partial charge in [0.1, 0.15) is 0 Å². The summed E-state index contributed by atoms with van der Waals surface area (Å²) in [6.07, 6.45) is 0.991. The van der Waals surface area contributed by atoms with Gasteiger partial charge in [0.25, 0.3) is 0 Å². The van der Waals surface area contributed by atoms with Gasteiger partial charge in [-0.2, -0.15) is 0 Å². The Balaban J connectivity index is 2.41. The topological polar surface area (TPSA) is 29.3 Å². The number of nitrogens with zero attached hydrogens (tertiary/aromatic N) is 1. The van der Waals surface area contributed by atoms with Gasteiger partial charge < -0.3 is 5.73 Å². The van der Waals surface area contributed by atoms with Crippen molar-refractivity contribution in [3.63, 3.8) is 0 Å². The van der Waals surface area contributed by atoms with Gasteiger partial charge in [0.05, 0.1) is 0 Å². The molecule has 0 amide bonds. The summed E-state index contributed by atoms with van der Waals surface area (Å²) in [4.78, 5) is 2.38. The van der Waals surface area contributed by atoms with E-state index < -0.39 is 0 Å². The molecule has 1 aromatic rings. The highest BCUT2D eigenvalue weighted by Crippen LogP contribution is 2.13. The van der Waals surface area contributed by atoms with Crippen LogP contribution in [0.5, 0.6) is 0 Å². The highest BCUT2D eigenvalue weighted by atomic mass is 15.1. The van der Waals surface area contributed by atoms with Gasteiger partial charge in [0, 0.05) is 19.1 Å². The molecule has 0 saturated carbocycles. The minimum absolute atomic E-state index is 0.135. The van der Waals surface area contributed by atoms with Crippen LogP contribution >= 0.6 is 0 Å². The molecular weight excluding hydrogens is 208 g/mol. The third kappa shape index (κ3) is 5.16. The van der Waals surface area contributed by atoms with Gasteiger partial charge >= 0.3 is 0 Å². The smallest absolute Gasteiger partial charge is 0.0307 e. The highest BCUT2D eigenvalue weighted by molar-refractivity contribution is 5.18. The van der Waals surface area contributed by atoms with Crippen LogP contribution in [-0.2, 0) is 0 Å². The summed E-state index contributed by atoms with van der Waals surface area (Å²) >= 11 is 0. The monoisotopic (exact) mass is 232 g/mol. The summed E-state index contributed by atoms with van der Waals surface area (Å²) in [5.41, 5.74) is 8.61. The van der Waals surface area contributed by atoms with Crippen molar-refractivity contribution in [3.8, 4) is 0 Å². The molecule has 0 heterocycles. The maximum absolute atomic E-state index is 6.18. The van der Waals surface area contributed by atoms with Crippen LogP contribution in [-0.4, -0.2) is 24.5 Å². The molecule has 0 radical (unpaired) electrons. The molecule has 2 nitrogen and oxygen atoms in total. The summed E-state index contributed by atoms with van der Waals surface area (Å²) in [5, 5.41) is 0. The zero-order chi connectivity index (χ0) is 12.7. The lowest BCUT2D eigenvalue weighted by Gasteiger charge is -2.22. The summed E-state index contributed by atoms with van der Waals surface area (Å²) in [7, 11) is 0. The van der Waals surface area contributed by atoms with Crippen LogP contribution in [0.25, 0.3) is 0 Å². The standard InChI is InChI=1S/C15H24N2/c1-4-17(12-13(2)3)11-10-15(16)14-8-6-5-7-9-14/h5-9,15H,2,4,10-12,16H2,1,3H3. The van der Waals surface area contributed by atoms with Crippen LogP contribution in [0.2, 0.25) is 0 Å². The van der Waals surface area contributed by atoms with Crippen molar-refractivity contribution in [1.82, 2.24) is 4.90 Å². The van der Waals surface area contributed by atoms with E-state index in [1.165, 1.54) is 11.1 Å². The second-order valence-electron chi connectivity index (χ2n) is 4.63. The summed E-state index contributed by atoms with van der Waals surface area (Å²) in [5.74, 6) is 0. The summed E-state index contributed by atoms with van der Waals surface area (Å²) in [6, 6.07) is 10.4. The van der Waals surface area contributed by atoms with Crippen molar-refractivity contribution in [2.45, 2.75) is 26.3 Å². The van der Waals surface area contributed by atoms with Gasteiger partial charge in [-0.15, -0.1) is 0 Å². The van der Waals surface area contributed by atoms with Crippen molar-refractivity contribution < 1.29 is 0 Å². The van der Waals surface area contributed by atoms with E-state index in [2.05, 4.69) is 37.5 Å². The van der Waals surface area contributed by atoms with Gasteiger partial charge in [0.2, 0.25) is 0 Å². The number of hydrogen-bond donors (Lipinski definition) is 1. The van der Waals surface area contributed by atoms with Gasteiger partial charge in [-0.3, -0.25) is 4.90 Å². The Kier molecular flexibility index (Phi) is 5.95. The predicted molar refractivity (Wildman–Crippen MR) is 74.9 cm³/mol. The molecule has 0 spiro atoms. The number of benzene rings is 1. The zero-order valence-electron chi connectivity index (χ0n) is 11.0. The van der Waals surface area contributed by atoms with Crippen LogP contribution in [0.15, 0.2) is 42.5 Å². The Morgan fingerprint density at radius 2 is 2.00 bits per heavy atom. The average molecular weight is 232 g/mol. The molecule has 0 fully saturated rings. The van der Waals surface area contributed by atoms with Gasteiger partial charge in [0.15, 0.2) is 0 Å². The van der Waals surface area contributed by atoms with Crippen molar-refractivity contribution in [1.29, 1.82) is 0 Å². The third-order valence-corrected chi connectivity index (χ3v) is 2.92. The van der Waals surface area contributed by atoms with Crippen molar-refractivity contribution in [2.24, 2.45) is 5.73 Å². The summed E-state index contributed by atoms with van der Waals surface area (Å²) in [6.45, 7) is 11.2. The van der Waals surface area contributed by atoms with Crippen molar-refractivity contribution in [3.05, 3.63) is 48.0 Å². The molecule has 0 aliphatic heterocycles. The second kappa shape index (κ2) is 7.25. The maximum atomic E-state index is 6.18. The van der Waals surface area contributed by atoms with E-state index >= 15 is 0 Å². The van der Waals surface area contributed by atoms with E-state index in [1.54, 1.807) is 0 Å². The SMILES string of the molecule is C=C(C)CN(CC)CCC(N)c1ccccc1. The predicted octanol–water partition coefficient (Wildman–Crippen LogP) is 2.97. The molecule has 0 aliphatic rings. The minimum Gasteiger partial charge on any atom is -0.324 e. The zero-order valence-corrected chi connectivity index (χ0v) is 11.0. The molecule has 1 atom stereocenters. The highest BCUT2D eigenvalue weighted by Gasteiger charge is 2.08. The third-order valence-electron chi connectivity index (χ3n) is 2.92. The minimum atomic E-state index is 0.135. The van der Waals surface area contributed by atoms with Crippen LogP contribution in [0, 0.1) is 0 Å². The molecule has 0 aromatic heterocycles. The Hall–Kier alpha value is -1.12. The average Bonchev–Trinajstić information content (AvgIpc) is 2.34. The van der Waals surface area contributed by atoms with Crippen LogP contribution in [0.4, 0.5) is 0 Å². The molecule has 94 valence electrons. The van der Waals surface area contributed by atoms with E-state index in [1.807, 2.05) is 18.2 Å². The Labute approximate surface area is 105 Å². The molecule has 0 aliphatic carbocycles. The molecule has 1 unspecified atom stereocenters. The summed E-state index contributed by atoms with van der Waals surface area (Å²) < 4.78 is 0. The molecule has 2 N–H and O–H groups in total. The lowest BCUT2D eigenvalue weighted by atomic mass is 10.0. The Bertz CT molecular complexity index is 332. The van der Waals surface area contributed by atoms with Crippen LogP contribution in [0.3, 0.4) is 0 Å². The molecule has 17 heavy (non-hydrogen) atoms. The van der Waals surface area contributed by atoms with E-state index in [-0.39, 0.29) is 6.04 Å². The van der Waals surface area contributed by atoms with Crippen LogP contribution < -0.4 is 5.73 Å². The van der Waals surface area contributed by atoms with Crippen LogP contribution in [0.1, 0.15) is 31.9 Å². The van der Waals surface area contributed by atoms with Gasteiger partial charge in [-0.25, -0.2) is 0 Å². The first kappa shape index (κ1) is 13.9.